The maximum Gasteiger partial charge on any atom is 0.0620 e. The predicted octanol–water partition coefficient (Wildman–Crippen LogP) is 3.36. The molecular formula is C18H30N2O. The van der Waals surface area contributed by atoms with Gasteiger partial charge in [-0.3, -0.25) is 9.88 Å². The van der Waals surface area contributed by atoms with Crippen molar-refractivity contribution in [2.75, 3.05) is 13.1 Å². The van der Waals surface area contributed by atoms with E-state index in [9.17, 15) is 5.11 Å². The van der Waals surface area contributed by atoms with E-state index in [1.165, 1.54) is 5.56 Å². The zero-order valence-corrected chi connectivity index (χ0v) is 14.2. The van der Waals surface area contributed by atoms with Crippen LogP contribution in [-0.2, 0) is 12.0 Å². The number of piperidine rings is 1. The van der Waals surface area contributed by atoms with Gasteiger partial charge in [0, 0.05) is 23.9 Å². The van der Waals surface area contributed by atoms with E-state index in [-0.39, 0.29) is 5.41 Å². The normalized spacial score (nSPS) is 19.0. The van der Waals surface area contributed by atoms with E-state index < -0.39 is 5.60 Å². The maximum atomic E-state index is 10.1. The van der Waals surface area contributed by atoms with E-state index in [1.54, 1.807) is 0 Å². The quantitative estimate of drug-likeness (QED) is 0.927. The molecule has 1 N–H and O–H groups in total. The second-order valence-electron chi connectivity index (χ2n) is 8.01. The number of hydrogen-bond donors (Lipinski definition) is 1. The Balaban J connectivity index is 1.89. The van der Waals surface area contributed by atoms with Gasteiger partial charge >= 0.3 is 0 Å². The summed E-state index contributed by atoms with van der Waals surface area (Å²) >= 11 is 0. The lowest BCUT2D eigenvalue weighted by Gasteiger charge is -2.37. The fraction of sp³-hybridized carbons (Fsp3) is 0.722. The zero-order chi connectivity index (χ0) is 15.7. The topological polar surface area (TPSA) is 36.4 Å². The third-order valence-electron chi connectivity index (χ3n) is 4.59. The summed E-state index contributed by atoms with van der Waals surface area (Å²) in [5.74, 6) is 0.426. The smallest absolute Gasteiger partial charge is 0.0620 e. The molecule has 1 aliphatic rings. The zero-order valence-electron chi connectivity index (χ0n) is 14.2. The van der Waals surface area contributed by atoms with Crippen LogP contribution >= 0.6 is 0 Å². The minimum atomic E-state index is -0.540. The molecule has 118 valence electrons. The molecule has 2 rings (SSSR count). The van der Waals surface area contributed by atoms with Crippen molar-refractivity contribution < 1.29 is 5.11 Å². The van der Waals surface area contributed by atoms with E-state index >= 15 is 0 Å². The van der Waals surface area contributed by atoms with E-state index in [0.717, 1.165) is 38.2 Å². The molecular weight excluding hydrogens is 260 g/mol. The van der Waals surface area contributed by atoms with Gasteiger partial charge in [-0.25, -0.2) is 0 Å². The van der Waals surface area contributed by atoms with Crippen molar-refractivity contribution in [1.82, 2.24) is 9.88 Å². The van der Waals surface area contributed by atoms with Crippen molar-refractivity contribution in [2.24, 2.45) is 5.92 Å². The summed E-state index contributed by atoms with van der Waals surface area (Å²) < 4.78 is 0. The first-order valence-electron chi connectivity index (χ1n) is 8.06. The van der Waals surface area contributed by atoms with Crippen LogP contribution in [0.3, 0.4) is 0 Å². The predicted molar refractivity (Wildman–Crippen MR) is 87.2 cm³/mol. The summed E-state index contributed by atoms with van der Waals surface area (Å²) in [6.07, 6.45) is 4.18. The minimum Gasteiger partial charge on any atom is -0.390 e. The summed E-state index contributed by atoms with van der Waals surface area (Å²) in [7, 11) is 0. The molecule has 0 aliphatic carbocycles. The Morgan fingerprint density at radius 1 is 1.14 bits per heavy atom. The first-order valence-corrected chi connectivity index (χ1v) is 8.06. The molecule has 21 heavy (non-hydrogen) atoms. The number of pyridine rings is 1. The monoisotopic (exact) mass is 290 g/mol. The van der Waals surface area contributed by atoms with Gasteiger partial charge in [0.2, 0.25) is 0 Å². The fourth-order valence-electron chi connectivity index (χ4n) is 3.02. The van der Waals surface area contributed by atoms with Gasteiger partial charge in [-0.1, -0.05) is 26.8 Å². The molecule has 2 heterocycles. The lowest BCUT2D eigenvalue weighted by molar-refractivity contribution is -0.0136. The van der Waals surface area contributed by atoms with E-state index in [2.05, 4.69) is 42.8 Å². The summed E-state index contributed by atoms with van der Waals surface area (Å²) in [4.78, 5) is 7.07. The summed E-state index contributed by atoms with van der Waals surface area (Å²) in [5.41, 5.74) is 2.00. The first kappa shape index (κ1) is 16.4. The number of rotatable bonds is 3. The summed E-state index contributed by atoms with van der Waals surface area (Å²) in [5, 5.41) is 10.1. The van der Waals surface area contributed by atoms with Crippen LogP contribution in [0.15, 0.2) is 18.3 Å². The van der Waals surface area contributed by atoms with Gasteiger partial charge in [0.15, 0.2) is 0 Å². The highest BCUT2D eigenvalue weighted by molar-refractivity contribution is 5.19. The van der Waals surface area contributed by atoms with Crippen LogP contribution in [0.2, 0.25) is 0 Å². The molecule has 0 atom stereocenters. The van der Waals surface area contributed by atoms with Crippen molar-refractivity contribution in [3.05, 3.63) is 29.6 Å². The van der Waals surface area contributed by atoms with Gasteiger partial charge in [-0.2, -0.15) is 0 Å². The molecule has 0 saturated carbocycles. The van der Waals surface area contributed by atoms with Crippen molar-refractivity contribution in [3.63, 3.8) is 0 Å². The highest BCUT2D eigenvalue weighted by atomic mass is 16.3. The largest absolute Gasteiger partial charge is 0.390 e. The Hall–Kier alpha value is -0.930. The second-order valence-corrected chi connectivity index (χ2v) is 8.01. The van der Waals surface area contributed by atoms with Crippen LogP contribution in [0.4, 0.5) is 0 Å². The Bertz CT molecular complexity index is 446. The van der Waals surface area contributed by atoms with Crippen molar-refractivity contribution >= 4 is 0 Å². The molecule has 3 nitrogen and oxygen atoms in total. The third-order valence-corrected chi connectivity index (χ3v) is 4.59. The van der Waals surface area contributed by atoms with Crippen LogP contribution in [0.5, 0.6) is 0 Å². The highest BCUT2D eigenvalue weighted by Gasteiger charge is 2.30. The third kappa shape index (κ3) is 4.52. The standard InChI is InChI=1S/C18H30N2O/c1-17(2,3)16-7-6-14(12-19-16)13-20-10-8-15(9-11-20)18(4,5)21/h6-7,12,15,21H,8-11,13H2,1-5H3. The van der Waals surface area contributed by atoms with Crippen molar-refractivity contribution in [3.8, 4) is 0 Å². The van der Waals surface area contributed by atoms with Gasteiger partial charge in [-0.15, -0.1) is 0 Å². The first-order chi connectivity index (χ1) is 9.66. The molecule has 0 radical (unpaired) electrons. The van der Waals surface area contributed by atoms with Crippen LogP contribution < -0.4 is 0 Å². The summed E-state index contributed by atoms with van der Waals surface area (Å²) in [6, 6.07) is 4.36. The van der Waals surface area contributed by atoms with E-state index in [0.29, 0.717) is 5.92 Å². The molecule has 1 saturated heterocycles. The Morgan fingerprint density at radius 3 is 2.19 bits per heavy atom. The Labute approximate surface area is 129 Å². The molecule has 1 fully saturated rings. The number of aliphatic hydroxyl groups is 1. The lowest BCUT2D eigenvalue weighted by atomic mass is 9.83. The molecule has 1 aliphatic heterocycles. The number of aromatic nitrogens is 1. The fourth-order valence-corrected chi connectivity index (χ4v) is 3.02. The van der Waals surface area contributed by atoms with E-state index in [4.69, 9.17) is 0 Å². The SMILES string of the molecule is CC(C)(C)c1ccc(CN2CCC(C(C)(C)O)CC2)cn1. The number of likely N-dealkylation sites (tertiary alicyclic amines) is 1. The molecule has 0 bridgehead atoms. The molecule has 0 unspecified atom stereocenters. The van der Waals surface area contributed by atoms with E-state index in [1.807, 2.05) is 20.0 Å². The summed E-state index contributed by atoms with van der Waals surface area (Å²) in [6.45, 7) is 13.5. The van der Waals surface area contributed by atoms with Crippen LogP contribution in [-0.4, -0.2) is 33.7 Å². The number of hydrogen-bond acceptors (Lipinski definition) is 3. The second kappa shape index (κ2) is 6.05. The Kier molecular flexibility index (Phi) is 4.74. The average Bonchev–Trinajstić information content (AvgIpc) is 2.38. The van der Waals surface area contributed by atoms with Crippen LogP contribution in [0, 0.1) is 5.92 Å². The molecule has 0 spiro atoms. The van der Waals surface area contributed by atoms with Crippen molar-refractivity contribution in [2.45, 2.75) is 65.0 Å². The van der Waals surface area contributed by atoms with Gasteiger partial charge in [-0.05, 0) is 57.3 Å². The highest BCUT2D eigenvalue weighted by Crippen LogP contribution is 2.28. The molecule has 1 aromatic heterocycles. The van der Waals surface area contributed by atoms with Crippen molar-refractivity contribution in [1.29, 1.82) is 0 Å². The average molecular weight is 290 g/mol. The van der Waals surface area contributed by atoms with Gasteiger partial charge in [0.25, 0.3) is 0 Å². The lowest BCUT2D eigenvalue weighted by Crippen LogP contribution is -2.41. The number of nitrogens with zero attached hydrogens (tertiary/aromatic N) is 2. The maximum absolute atomic E-state index is 10.1. The van der Waals surface area contributed by atoms with Crippen LogP contribution in [0.25, 0.3) is 0 Å². The van der Waals surface area contributed by atoms with Gasteiger partial charge < -0.3 is 5.11 Å². The van der Waals surface area contributed by atoms with Gasteiger partial charge in [0.1, 0.15) is 0 Å². The van der Waals surface area contributed by atoms with Gasteiger partial charge in [0.05, 0.1) is 5.60 Å². The van der Waals surface area contributed by atoms with Crippen LogP contribution in [0.1, 0.15) is 58.7 Å². The molecule has 1 aromatic rings. The molecule has 3 heteroatoms. The minimum absolute atomic E-state index is 0.115. The molecule has 0 aromatic carbocycles. The molecule has 0 amide bonds. The Morgan fingerprint density at radius 2 is 1.76 bits per heavy atom.